The van der Waals surface area contributed by atoms with Gasteiger partial charge >= 0.3 is 23.1 Å². The molecule has 0 amide bonds. The third-order valence-corrected chi connectivity index (χ3v) is 0. The van der Waals surface area contributed by atoms with Crippen molar-refractivity contribution in [1.29, 1.82) is 0 Å². The molecule has 0 aromatic heterocycles. The Morgan fingerprint density at radius 1 is 1.50 bits per heavy atom. The molecule has 4 nitrogen and oxygen atoms in total. The van der Waals surface area contributed by atoms with Crippen LogP contribution in [0.15, 0.2) is 0 Å². The Bertz CT molecular complexity index is 56.9. The minimum Gasteiger partial charge on any atom is -0.799 e. The van der Waals surface area contributed by atoms with Gasteiger partial charge in [0.25, 0.3) is 0 Å². The molecule has 0 aromatic carbocycles. The zero-order chi connectivity index (χ0) is 4.50. The fourth-order valence-corrected chi connectivity index (χ4v) is 0. The van der Waals surface area contributed by atoms with Crippen LogP contribution in [-0.4, -0.2) is 23.1 Å². The number of hydrogen-bond acceptors (Lipinski definition) is 3. The van der Waals surface area contributed by atoms with E-state index in [1.54, 1.807) is 0 Å². The standard InChI is InChI=1S/Mg.H4NO3P/c;1-5(2,3)4/h;(H4,1,2,3,4)/q+2;/p-2. The molecular formula is H2MgNO3P. The van der Waals surface area contributed by atoms with Crippen molar-refractivity contribution in [3.05, 3.63) is 0 Å². The van der Waals surface area contributed by atoms with Crippen molar-refractivity contribution in [2.24, 2.45) is 5.50 Å². The summed E-state index contributed by atoms with van der Waals surface area (Å²) in [6.07, 6.45) is 0. The van der Waals surface area contributed by atoms with Gasteiger partial charge in [-0.05, 0) is 7.75 Å². The number of rotatable bonds is 0. The van der Waals surface area contributed by atoms with E-state index in [1.807, 2.05) is 0 Å². The van der Waals surface area contributed by atoms with E-state index in [0.717, 1.165) is 0 Å². The van der Waals surface area contributed by atoms with Crippen LogP contribution in [0.25, 0.3) is 0 Å². The van der Waals surface area contributed by atoms with E-state index in [0.29, 0.717) is 0 Å². The fraction of sp³-hybridized carbons (Fsp3) is 0. The van der Waals surface area contributed by atoms with Gasteiger partial charge in [0.2, 0.25) is 0 Å². The Hall–Kier alpha value is 0.876. The normalized spacial score (nSPS) is 9.83. The molecule has 0 radical (unpaired) electrons. The number of hydrogen-bond donors (Lipinski definition) is 1. The van der Waals surface area contributed by atoms with Crippen molar-refractivity contribution >= 4 is 30.8 Å². The molecule has 32 valence electrons. The maximum atomic E-state index is 8.88. The molecule has 2 N–H and O–H groups in total. The smallest absolute Gasteiger partial charge is 0.799 e. The molecule has 0 unspecified atom stereocenters. The Balaban J connectivity index is 0. The van der Waals surface area contributed by atoms with Crippen LogP contribution in [0.1, 0.15) is 0 Å². The van der Waals surface area contributed by atoms with Gasteiger partial charge in [0.05, 0.1) is 0 Å². The van der Waals surface area contributed by atoms with Crippen LogP contribution in [-0.2, 0) is 4.57 Å². The van der Waals surface area contributed by atoms with Crippen molar-refractivity contribution < 1.29 is 14.4 Å². The molecule has 0 aliphatic rings. The predicted octanol–water partition coefficient (Wildman–Crippen LogP) is -2.61. The zero-order valence-corrected chi connectivity index (χ0v) is 5.27. The maximum Gasteiger partial charge on any atom is 2.00 e. The maximum absolute atomic E-state index is 8.88. The van der Waals surface area contributed by atoms with E-state index in [9.17, 15) is 0 Å². The summed E-state index contributed by atoms with van der Waals surface area (Å²) in [6.45, 7) is 0. The van der Waals surface area contributed by atoms with Gasteiger partial charge in [-0.25, -0.2) is 0 Å². The van der Waals surface area contributed by atoms with Crippen molar-refractivity contribution in [1.82, 2.24) is 0 Å². The van der Waals surface area contributed by atoms with Crippen LogP contribution in [0.4, 0.5) is 0 Å². The fourth-order valence-electron chi connectivity index (χ4n) is 0. The SMILES string of the molecule is NP(=O)([O-])[O-].[Mg+2]. The molecule has 0 saturated carbocycles. The third-order valence-electron chi connectivity index (χ3n) is 0. The van der Waals surface area contributed by atoms with Crippen LogP contribution in [0.2, 0.25) is 0 Å². The van der Waals surface area contributed by atoms with E-state index in [1.165, 1.54) is 0 Å². The zero-order valence-electron chi connectivity index (χ0n) is 2.96. The second kappa shape index (κ2) is 2.96. The van der Waals surface area contributed by atoms with Crippen LogP contribution in [0.3, 0.4) is 0 Å². The molecule has 0 aliphatic carbocycles. The summed E-state index contributed by atoms with van der Waals surface area (Å²) >= 11 is 0. The van der Waals surface area contributed by atoms with Gasteiger partial charge in [0.15, 0.2) is 0 Å². The summed E-state index contributed by atoms with van der Waals surface area (Å²) in [5, 5.41) is 0. The molecule has 0 spiro atoms. The monoisotopic (exact) mass is 119 g/mol. The summed E-state index contributed by atoms with van der Waals surface area (Å²) in [4.78, 5) is 17.8. The van der Waals surface area contributed by atoms with Gasteiger partial charge in [-0.2, -0.15) is 0 Å². The Kier molecular flexibility index (Phi) is 4.92. The molecular weight excluding hydrogens is 117 g/mol. The van der Waals surface area contributed by atoms with E-state index in [-0.39, 0.29) is 23.1 Å². The summed E-state index contributed by atoms with van der Waals surface area (Å²) in [6, 6.07) is 0. The number of nitrogens with two attached hydrogens (primary N) is 1. The molecule has 6 heavy (non-hydrogen) atoms. The average Bonchev–Trinajstić information content (AvgIpc) is 0.722. The Labute approximate surface area is 51.1 Å². The molecule has 0 heterocycles. The summed E-state index contributed by atoms with van der Waals surface area (Å²) in [5.74, 6) is 0. The first-order chi connectivity index (χ1) is 2.00. The summed E-state index contributed by atoms with van der Waals surface area (Å²) in [7, 11) is -4.64. The van der Waals surface area contributed by atoms with Gasteiger partial charge in [-0.15, -0.1) is 0 Å². The summed E-state index contributed by atoms with van der Waals surface area (Å²) in [5.41, 5.74) is 3.80. The van der Waals surface area contributed by atoms with Crippen LogP contribution >= 0.6 is 7.75 Å². The van der Waals surface area contributed by atoms with E-state index >= 15 is 0 Å². The summed E-state index contributed by atoms with van der Waals surface area (Å²) < 4.78 is 8.88. The van der Waals surface area contributed by atoms with Crippen LogP contribution in [0.5, 0.6) is 0 Å². The molecule has 0 saturated heterocycles. The van der Waals surface area contributed by atoms with Crippen molar-refractivity contribution in [2.75, 3.05) is 0 Å². The van der Waals surface area contributed by atoms with Gasteiger partial charge in [0, 0.05) is 0 Å². The Morgan fingerprint density at radius 2 is 1.50 bits per heavy atom. The van der Waals surface area contributed by atoms with Gasteiger partial charge in [-0.3, -0.25) is 0 Å². The Morgan fingerprint density at radius 3 is 1.50 bits per heavy atom. The average molecular weight is 119 g/mol. The van der Waals surface area contributed by atoms with Gasteiger partial charge < -0.3 is 19.9 Å². The van der Waals surface area contributed by atoms with E-state index in [2.05, 4.69) is 5.50 Å². The molecule has 0 aliphatic heterocycles. The molecule has 6 heteroatoms. The van der Waals surface area contributed by atoms with Gasteiger partial charge in [-0.1, -0.05) is 0 Å². The van der Waals surface area contributed by atoms with E-state index in [4.69, 9.17) is 14.4 Å². The largest absolute Gasteiger partial charge is 2.00 e. The second-order valence-corrected chi connectivity index (χ2v) is 1.62. The van der Waals surface area contributed by atoms with Crippen LogP contribution < -0.4 is 15.3 Å². The van der Waals surface area contributed by atoms with Crippen molar-refractivity contribution in [2.45, 2.75) is 0 Å². The molecule has 0 fully saturated rings. The molecule has 0 aromatic rings. The van der Waals surface area contributed by atoms with Gasteiger partial charge in [0.1, 0.15) is 0 Å². The van der Waals surface area contributed by atoms with E-state index < -0.39 is 7.75 Å². The van der Waals surface area contributed by atoms with Crippen molar-refractivity contribution in [3.8, 4) is 0 Å². The molecule has 0 atom stereocenters. The topological polar surface area (TPSA) is 89.2 Å². The predicted molar refractivity (Wildman–Crippen MR) is 17.5 cm³/mol. The van der Waals surface area contributed by atoms with Crippen molar-refractivity contribution in [3.63, 3.8) is 0 Å². The minimum absolute atomic E-state index is 0. The first-order valence-electron chi connectivity index (χ1n) is 0.806. The minimum atomic E-state index is -4.64. The first kappa shape index (κ1) is 9.99. The quantitative estimate of drug-likeness (QED) is 0.279. The third kappa shape index (κ3) is 95.4. The van der Waals surface area contributed by atoms with Crippen LogP contribution in [0, 0.1) is 0 Å². The molecule has 0 rings (SSSR count). The first-order valence-corrected chi connectivity index (χ1v) is 2.42. The second-order valence-electron chi connectivity index (χ2n) is 0.540. The molecule has 0 bridgehead atoms.